The van der Waals surface area contributed by atoms with E-state index in [0.29, 0.717) is 6.42 Å². The van der Waals surface area contributed by atoms with Gasteiger partial charge in [-0.05, 0) is 12.8 Å². The molecular formula is C7H10N2O. The lowest BCUT2D eigenvalue weighted by atomic mass is 10.0. The zero-order valence-electron chi connectivity index (χ0n) is 5.84. The van der Waals surface area contributed by atoms with Crippen LogP contribution in [0.5, 0.6) is 0 Å². The van der Waals surface area contributed by atoms with Gasteiger partial charge < -0.3 is 0 Å². The van der Waals surface area contributed by atoms with Crippen LogP contribution in [0.3, 0.4) is 0 Å². The van der Waals surface area contributed by atoms with Gasteiger partial charge in [0, 0.05) is 12.8 Å². The standard InChI is InChI=1S/C7H10N2O/c10-6-4-2-1-3-5-7(6)8-9-7/h1-5H2. The molecule has 2 rings (SSSR count). The minimum absolute atomic E-state index is 0.241. The second-order valence-corrected chi connectivity index (χ2v) is 3.00. The van der Waals surface area contributed by atoms with Crippen molar-refractivity contribution in [2.75, 3.05) is 0 Å². The highest BCUT2D eigenvalue weighted by Crippen LogP contribution is 2.38. The van der Waals surface area contributed by atoms with Crippen LogP contribution in [0.25, 0.3) is 0 Å². The summed E-state index contributed by atoms with van der Waals surface area (Å²) in [5, 5.41) is 7.62. The van der Waals surface area contributed by atoms with E-state index in [2.05, 4.69) is 10.2 Å². The first-order valence-electron chi connectivity index (χ1n) is 3.81. The molecule has 1 fully saturated rings. The highest BCUT2D eigenvalue weighted by Gasteiger charge is 2.47. The summed E-state index contributed by atoms with van der Waals surface area (Å²) < 4.78 is 0. The van der Waals surface area contributed by atoms with Crippen LogP contribution in [0.1, 0.15) is 32.1 Å². The van der Waals surface area contributed by atoms with Crippen LogP contribution >= 0.6 is 0 Å². The molecule has 0 unspecified atom stereocenters. The fraction of sp³-hybridized carbons (Fsp3) is 0.857. The van der Waals surface area contributed by atoms with E-state index in [-0.39, 0.29) is 5.78 Å². The Morgan fingerprint density at radius 1 is 1.20 bits per heavy atom. The first-order chi connectivity index (χ1) is 4.83. The monoisotopic (exact) mass is 138 g/mol. The third kappa shape index (κ3) is 0.770. The lowest BCUT2D eigenvalue weighted by molar-refractivity contribution is -0.121. The van der Waals surface area contributed by atoms with Crippen molar-refractivity contribution in [3.63, 3.8) is 0 Å². The Hall–Kier alpha value is -0.730. The van der Waals surface area contributed by atoms with Gasteiger partial charge in [-0.3, -0.25) is 4.79 Å². The van der Waals surface area contributed by atoms with Crippen molar-refractivity contribution in [1.82, 2.24) is 0 Å². The zero-order valence-corrected chi connectivity index (χ0v) is 5.84. The largest absolute Gasteiger partial charge is 0.295 e. The maximum absolute atomic E-state index is 11.2. The van der Waals surface area contributed by atoms with Crippen molar-refractivity contribution >= 4 is 5.78 Å². The second-order valence-electron chi connectivity index (χ2n) is 3.00. The quantitative estimate of drug-likeness (QED) is 0.502. The van der Waals surface area contributed by atoms with Crippen LogP contribution in [-0.2, 0) is 4.79 Å². The van der Waals surface area contributed by atoms with E-state index < -0.39 is 5.66 Å². The lowest BCUT2D eigenvalue weighted by Crippen LogP contribution is -2.21. The molecule has 1 aliphatic heterocycles. The van der Waals surface area contributed by atoms with Crippen LogP contribution in [0.4, 0.5) is 0 Å². The summed E-state index contributed by atoms with van der Waals surface area (Å²) in [6.07, 6.45) is 4.86. The summed E-state index contributed by atoms with van der Waals surface area (Å²) in [4.78, 5) is 11.2. The van der Waals surface area contributed by atoms with E-state index >= 15 is 0 Å². The van der Waals surface area contributed by atoms with Crippen molar-refractivity contribution in [1.29, 1.82) is 0 Å². The molecule has 1 saturated carbocycles. The minimum Gasteiger partial charge on any atom is -0.295 e. The number of ketones is 1. The molecule has 0 aromatic carbocycles. The van der Waals surface area contributed by atoms with E-state index in [9.17, 15) is 4.79 Å². The summed E-state index contributed by atoms with van der Waals surface area (Å²) in [5.74, 6) is 0.241. The molecule has 0 N–H and O–H groups in total. The van der Waals surface area contributed by atoms with Gasteiger partial charge in [-0.1, -0.05) is 6.42 Å². The number of nitrogens with zero attached hydrogens (tertiary/aromatic N) is 2. The smallest absolute Gasteiger partial charge is 0.248 e. The molecule has 0 saturated heterocycles. The molecule has 54 valence electrons. The van der Waals surface area contributed by atoms with Crippen molar-refractivity contribution in [3.8, 4) is 0 Å². The van der Waals surface area contributed by atoms with Gasteiger partial charge in [0.1, 0.15) is 0 Å². The molecule has 0 aromatic heterocycles. The van der Waals surface area contributed by atoms with Gasteiger partial charge in [-0.2, -0.15) is 10.2 Å². The Bertz CT molecular complexity index is 192. The van der Waals surface area contributed by atoms with Gasteiger partial charge in [0.25, 0.3) is 0 Å². The summed E-state index contributed by atoms with van der Waals surface area (Å²) in [6, 6.07) is 0. The molecule has 2 aliphatic rings. The Kier molecular flexibility index (Phi) is 1.13. The molecule has 3 heteroatoms. The normalized spacial score (nSPS) is 28.6. The predicted octanol–water partition coefficient (Wildman–Crippen LogP) is 1.68. The van der Waals surface area contributed by atoms with Gasteiger partial charge in [0.15, 0.2) is 5.78 Å². The van der Waals surface area contributed by atoms with Gasteiger partial charge in [0.2, 0.25) is 5.66 Å². The average molecular weight is 138 g/mol. The van der Waals surface area contributed by atoms with Gasteiger partial charge in [-0.15, -0.1) is 0 Å². The second kappa shape index (κ2) is 1.87. The van der Waals surface area contributed by atoms with Crippen molar-refractivity contribution in [2.45, 2.75) is 37.8 Å². The molecule has 10 heavy (non-hydrogen) atoms. The molecule has 0 bridgehead atoms. The Labute approximate surface area is 59.5 Å². The highest BCUT2D eigenvalue weighted by molar-refractivity contribution is 5.90. The summed E-state index contributed by atoms with van der Waals surface area (Å²) in [7, 11) is 0. The van der Waals surface area contributed by atoms with Crippen molar-refractivity contribution in [2.24, 2.45) is 10.2 Å². The molecular weight excluding hydrogens is 128 g/mol. The van der Waals surface area contributed by atoms with Gasteiger partial charge >= 0.3 is 0 Å². The van der Waals surface area contributed by atoms with Crippen LogP contribution in [0, 0.1) is 0 Å². The first kappa shape index (κ1) is 6.01. The summed E-state index contributed by atoms with van der Waals surface area (Å²) >= 11 is 0. The molecule has 1 aliphatic carbocycles. The van der Waals surface area contributed by atoms with Crippen LogP contribution in [0.2, 0.25) is 0 Å². The number of Topliss-reactive ketones (excluding diaryl/α,β-unsaturated/α-hetero) is 1. The molecule has 1 heterocycles. The molecule has 3 nitrogen and oxygen atoms in total. The Balaban J connectivity index is 2.09. The number of rotatable bonds is 0. The maximum atomic E-state index is 11.2. The number of carbonyl (C=O) groups excluding carboxylic acids is 1. The lowest BCUT2D eigenvalue weighted by Gasteiger charge is -2.01. The van der Waals surface area contributed by atoms with Gasteiger partial charge in [-0.25, -0.2) is 0 Å². The molecule has 0 radical (unpaired) electrons. The third-order valence-corrected chi connectivity index (χ3v) is 2.22. The first-order valence-corrected chi connectivity index (χ1v) is 3.81. The van der Waals surface area contributed by atoms with Crippen LogP contribution in [-0.4, -0.2) is 11.4 Å². The van der Waals surface area contributed by atoms with E-state index in [4.69, 9.17) is 0 Å². The molecule has 0 amide bonds. The summed E-state index contributed by atoms with van der Waals surface area (Å²) in [6.45, 7) is 0. The molecule has 1 spiro atoms. The SMILES string of the molecule is O=C1CCCCCC12N=N2. The van der Waals surface area contributed by atoms with Crippen molar-refractivity contribution < 1.29 is 4.79 Å². The maximum Gasteiger partial charge on any atom is 0.248 e. The number of hydrogen-bond acceptors (Lipinski definition) is 3. The highest BCUT2D eigenvalue weighted by atomic mass is 16.1. The summed E-state index contributed by atoms with van der Waals surface area (Å²) in [5.41, 5.74) is -0.517. The van der Waals surface area contributed by atoms with Gasteiger partial charge in [0.05, 0.1) is 0 Å². The van der Waals surface area contributed by atoms with Crippen LogP contribution in [0.15, 0.2) is 10.2 Å². The predicted molar refractivity (Wildman–Crippen MR) is 35.7 cm³/mol. The Morgan fingerprint density at radius 2 is 2.00 bits per heavy atom. The zero-order chi connectivity index (χ0) is 7.03. The molecule has 0 atom stereocenters. The average Bonchev–Trinajstić information content (AvgIpc) is 2.69. The van der Waals surface area contributed by atoms with Crippen LogP contribution < -0.4 is 0 Å². The topological polar surface area (TPSA) is 41.8 Å². The van der Waals surface area contributed by atoms with E-state index in [1.807, 2.05) is 0 Å². The fourth-order valence-electron chi connectivity index (χ4n) is 1.45. The third-order valence-electron chi connectivity index (χ3n) is 2.22. The van der Waals surface area contributed by atoms with E-state index in [0.717, 1.165) is 19.3 Å². The fourth-order valence-corrected chi connectivity index (χ4v) is 1.45. The van der Waals surface area contributed by atoms with E-state index in [1.165, 1.54) is 6.42 Å². The Morgan fingerprint density at radius 3 is 2.70 bits per heavy atom. The number of hydrogen-bond donors (Lipinski definition) is 0. The molecule has 0 aromatic rings. The number of carbonyl (C=O) groups is 1. The van der Waals surface area contributed by atoms with E-state index in [1.54, 1.807) is 0 Å². The minimum atomic E-state index is -0.517. The van der Waals surface area contributed by atoms with Crippen molar-refractivity contribution in [3.05, 3.63) is 0 Å².